The summed E-state index contributed by atoms with van der Waals surface area (Å²) in [6.45, 7) is 0.367. The second kappa shape index (κ2) is 6.73. The number of hydrogen-bond donors (Lipinski definition) is 0. The molecule has 0 atom stereocenters. The van der Waals surface area contributed by atoms with Gasteiger partial charge in [-0.2, -0.15) is 0 Å². The molecule has 0 radical (unpaired) electrons. The third-order valence-corrected chi connectivity index (χ3v) is 4.06. The molecule has 1 heterocycles. The maximum absolute atomic E-state index is 11.4. The second-order valence-electron chi connectivity index (χ2n) is 4.61. The monoisotopic (exact) mass is 329 g/mol. The number of halogens is 1. The lowest BCUT2D eigenvalue weighted by Gasteiger charge is -2.13. The van der Waals surface area contributed by atoms with E-state index in [1.807, 2.05) is 23.6 Å². The number of carbonyl (C=O) groups is 1. The number of hydrogen-bond acceptors (Lipinski definition) is 4. The lowest BCUT2D eigenvalue weighted by Crippen LogP contribution is -1.99. The Labute approximate surface area is 137 Å². The fourth-order valence-electron chi connectivity index (χ4n) is 2.15. The minimum atomic E-state index is 0.367. The molecule has 0 aliphatic rings. The summed E-state index contributed by atoms with van der Waals surface area (Å²) in [6, 6.07) is 12.8. The average Bonchev–Trinajstić information content (AvgIpc) is 3.07. The summed E-state index contributed by atoms with van der Waals surface area (Å²) in [5.74, 6) is 0.653. The molecular weight excluding hydrogens is 318 g/mol. The molecule has 1 aromatic heterocycles. The van der Waals surface area contributed by atoms with Gasteiger partial charge in [-0.1, -0.05) is 35.9 Å². The van der Waals surface area contributed by atoms with Crippen molar-refractivity contribution in [1.82, 2.24) is 4.98 Å². The second-order valence-corrected chi connectivity index (χ2v) is 5.77. The maximum Gasteiger partial charge on any atom is 0.150 e. The Morgan fingerprint density at radius 3 is 2.68 bits per heavy atom. The Kier molecular flexibility index (Phi) is 4.51. The zero-order valence-corrected chi connectivity index (χ0v) is 13.1. The summed E-state index contributed by atoms with van der Waals surface area (Å²) in [5, 5.41) is 2.59. The van der Waals surface area contributed by atoms with E-state index in [1.54, 1.807) is 29.8 Å². The van der Waals surface area contributed by atoms with Crippen molar-refractivity contribution in [2.24, 2.45) is 0 Å². The van der Waals surface area contributed by atoms with Crippen LogP contribution in [0.1, 0.15) is 16.1 Å². The van der Waals surface area contributed by atoms with Gasteiger partial charge in [-0.25, -0.2) is 4.98 Å². The summed E-state index contributed by atoms with van der Waals surface area (Å²) >= 11 is 7.46. The van der Waals surface area contributed by atoms with Crippen LogP contribution >= 0.6 is 22.9 Å². The quantitative estimate of drug-likeness (QED) is 0.628. The summed E-state index contributed by atoms with van der Waals surface area (Å²) < 4.78 is 5.86. The zero-order valence-electron chi connectivity index (χ0n) is 11.5. The van der Waals surface area contributed by atoms with Crippen molar-refractivity contribution >= 4 is 29.2 Å². The summed E-state index contributed by atoms with van der Waals surface area (Å²) in [5.41, 5.74) is 4.87. The SMILES string of the molecule is O=Cc1cccc(OCc2cscn2)c1-c1ccc(Cl)cc1. The molecule has 2 aromatic carbocycles. The lowest BCUT2D eigenvalue weighted by atomic mass is 9.99. The van der Waals surface area contributed by atoms with Crippen LogP contribution in [0.25, 0.3) is 11.1 Å². The molecule has 5 heteroatoms. The molecule has 0 fully saturated rings. The van der Waals surface area contributed by atoms with E-state index in [0.717, 1.165) is 23.1 Å². The van der Waals surface area contributed by atoms with E-state index in [-0.39, 0.29) is 0 Å². The molecule has 0 aliphatic carbocycles. The molecule has 0 amide bonds. The number of ether oxygens (including phenoxy) is 1. The molecule has 0 unspecified atom stereocenters. The van der Waals surface area contributed by atoms with Crippen LogP contribution in [0.15, 0.2) is 53.4 Å². The Morgan fingerprint density at radius 1 is 1.18 bits per heavy atom. The molecule has 3 nitrogen and oxygen atoms in total. The van der Waals surface area contributed by atoms with Crippen molar-refractivity contribution in [3.05, 3.63) is 69.6 Å². The van der Waals surface area contributed by atoms with Gasteiger partial charge in [0.2, 0.25) is 0 Å². The maximum atomic E-state index is 11.4. The third-order valence-electron chi connectivity index (χ3n) is 3.18. The van der Waals surface area contributed by atoms with Gasteiger partial charge in [0.05, 0.1) is 11.2 Å². The standard InChI is InChI=1S/C17H12ClNO2S/c18-14-6-4-12(5-7-14)17-13(8-20)2-1-3-16(17)21-9-15-10-22-11-19-15/h1-8,10-11H,9H2. The van der Waals surface area contributed by atoms with Gasteiger partial charge in [0.25, 0.3) is 0 Å². The highest BCUT2D eigenvalue weighted by molar-refractivity contribution is 7.07. The molecule has 0 spiro atoms. The van der Waals surface area contributed by atoms with Gasteiger partial charge in [-0.05, 0) is 23.8 Å². The highest BCUT2D eigenvalue weighted by Gasteiger charge is 2.12. The first-order valence-corrected chi connectivity index (χ1v) is 7.94. The topological polar surface area (TPSA) is 39.2 Å². The van der Waals surface area contributed by atoms with Crippen molar-refractivity contribution in [1.29, 1.82) is 0 Å². The van der Waals surface area contributed by atoms with Crippen molar-refractivity contribution < 1.29 is 9.53 Å². The molecule has 0 saturated heterocycles. The van der Waals surface area contributed by atoms with Crippen LogP contribution in [0.5, 0.6) is 5.75 Å². The number of rotatable bonds is 5. The van der Waals surface area contributed by atoms with Crippen LogP contribution in [0.2, 0.25) is 5.02 Å². The molecule has 3 rings (SSSR count). The normalized spacial score (nSPS) is 10.4. The highest BCUT2D eigenvalue weighted by Crippen LogP contribution is 2.34. The van der Waals surface area contributed by atoms with E-state index in [1.165, 1.54) is 11.3 Å². The van der Waals surface area contributed by atoms with E-state index < -0.39 is 0 Å². The van der Waals surface area contributed by atoms with Crippen molar-refractivity contribution in [3.63, 3.8) is 0 Å². The number of carbonyl (C=O) groups excluding carboxylic acids is 1. The van der Waals surface area contributed by atoms with Crippen LogP contribution in [0, 0.1) is 0 Å². The van der Waals surface area contributed by atoms with Gasteiger partial charge in [0.1, 0.15) is 12.4 Å². The zero-order chi connectivity index (χ0) is 15.4. The number of benzene rings is 2. The van der Waals surface area contributed by atoms with E-state index in [9.17, 15) is 4.79 Å². The van der Waals surface area contributed by atoms with Crippen molar-refractivity contribution in [2.45, 2.75) is 6.61 Å². The summed E-state index contributed by atoms with van der Waals surface area (Å²) in [6.07, 6.45) is 0.833. The van der Waals surface area contributed by atoms with Gasteiger partial charge in [-0.3, -0.25) is 4.79 Å². The first-order chi connectivity index (χ1) is 10.8. The summed E-state index contributed by atoms with van der Waals surface area (Å²) in [7, 11) is 0. The van der Waals surface area contributed by atoms with E-state index in [0.29, 0.717) is 22.9 Å². The van der Waals surface area contributed by atoms with Crippen LogP contribution in [0.4, 0.5) is 0 Å². The number of aromatic nitrogens is 1. The lowest BCUT2D eigenvalue weighted by molar-refractivity contribution is 0.112. The Bertz CT molecular complexity index is 770. The van der Waals surface area contributed by atoms with Gasteiger partial charge in [0.15, 0.2) is 6.29 Å². The van der Waals surface area contributed by atoms with E-state index in [4.69, 9.17) is 16.3 Å². The number of aldehydes is 1. The molecule has 3 aromatic rings. The Morgan fingerprint density at radius 2 is 2.00 bits per heavy atom. The summed E-state index contributed by atoms with van der Waals surface area (Å²) in [4.78, 5) is 15.6. The molecule has 0 bridgehead atoms. The molecule has 0 N–H and O–H groups in total. The number of nitrogens with zero attached hydrogens (tertiary/aromatic N) is 1. The van der Waals surface area contributed by atoms with E-state index in [2.05, 4.69) is 4.98 Å². The first kappa shape index (κ1) is 14.8. The predicted octanol–water partition coefficient (Wildman–Crippen LogP) is 4.86. The molecular formula is C17H12ClNO2S. The van der Waals surface area contributed by atoms with Gasteiger partial charge in [-0.15, -0.1) is 11.3 Å². The van der Waals surface area contributed by atoms with Gasteiger partial charge in [0, 0.05) is 21.5 Å². The first-order valence-electron chi connectivity index (χ1n) is 6.62. The van der Waals surface area contributed by atoms with Crippen LogP contribution < -0.4 is 4.74 Å². The fraction of sp³-hybridized carbons (Fsp3) is 0.0588. The number of thiazole rings is 1. The molecule has 0 saturated carbocycles. The van der Waals surface area contributed by atoms with Crippen molar-refractivity contribution in [3.8, 4) is 16.9 Å². The average molecular weight is 330 g/mol. The Balaban J connectivity index is 1.98. The molecule has 110 valence electrons. The Hall–Kier alpha value is -2.17. The smallest absolute Gasteiger partial charge is 0.150 e. The minimum Gasteiger partial charge on any atom is -0.487 e. The molecule has 22 heavy (non-hydrogen) atoms. The van der Waals surface area contributed by atoms with E-state index >= 15 is 0 Å². The van der Waals surface area contributed by atoms with Crippen LogP contribution in [0.3, 0.4) is 0 Å². The minimum absolute atomic E-state index is 0.367. The largest absolute Gasteiger partial charge is 0.487 e. The fourth-order valence-corrected chi connectivity index (χ4v) is 2.82. The predicted molar refractivity (Wildman–Crippen MR) is 88.7 cm³/mol. The van der Waals surface area contributed by atoms with Gasteiger partial charge < -0.3 is 4.74 Å². The van der Waals surface area contributed by atoms with Gasteiger partial charge >= 0.3 is 0 Å². The van der Waals surface area contributed by atoms with Crippen LogP contribution in [-0.2, 0) is 6.61 Å². The molecule has 0 aliphatic heterocycles. The van der Waals surface area contributed by atoms with Crippen LogP contribution in [-0.4, -0.2) is 11.3 Å². The third kappa shape index (κ3) is 3.18. The van der Waals surface area contributed by atoms with Crippen molar-refractivity contribution in [2.75, 3.05) is 0 Å². The highest BCUT2D eigenvalue weighted by atomic mass is 35.5.